The Labute approximate surface area is 161 Å². The zero-order valence-electron chi connectivity index (χ0n) is 16.5. The minimum atomic E-state index is -1.67. The van der Waals surface area contributed by atoms with Gasteiger partial charge in [0.1, 0.15) is 6.61 Å². The number of esters is 5. The fourth-order valence-electron chi connectivity index (χ4n) is 2.21. The summed E-state index contributed by atoms with van der Waals surface area (Å²) in [6.07, 6.45) is -6.39. The van der Waals surface area contributed by atoms with Gasteiger partial charge in [0.05, 0.1) is 0 Å². The van der Waals surface area contributed by atoms with E-state index in [1.807, 2.05) is 0 Å². The van der Waals surface area contributed by atoms with Crippen LogP contribution in [-0.4, -0.2) is 66.7 Å². The van der Waals surface area contributed by atoms with E-state index in [4.69, 9.17) is 23.7 Å². The zero-order chi connectivity index (χ0) is 22.0. The maximum absolute atomic E-state index is 12.0. The Bertz CT molecular complexity index is 625. The number of ketones is 1. The van der Waals surface area contributed by atoms with Crippen LogP contribution >= 0.6 is 0 Å². The van der Waals surface area contributed by atoms with E-state index in [9.17, 15) is 28.8 Å². The summed E-state index contributed by atoms with van der Waals surface area (Å²) in [5, 5.41) is 0. The van der Waals surface area contributed by atoms with Crippen molar-refractivity contribution in [1.29, 1.82) is 0 Å². The van der Waals surface area contributed by atoms with Crippen molar-refractivity contribution in [3.8, 4) is 0 Å². The van der Waals surface area contributed by atoms with E-state index in [-0.39, 0.29) is 0 Å². The first-order valence-corrected chi connectivity index (χ1v) is 8.17. The van der Waals surface area contributed by atoms with Crippen LogP contribution in [0.25, 0.3) is 0 Å². The SMILES string of the molecule is CC(=O)OC[C@@H](OC(C)=O)[C@@H](OC(C)=O)[C@@H](OC(C)=O)[C@H](OC(C)=O)C(C)=O. The van der Waals surface area contributed by atoms with Crippen molar-refractivity contribution in [2.24, 2.45) is 0 Å². The van der Waals surface area contributed by atoms with Crippen molar-refractivity contribution in [2.45, 2.75) is 66.0 Å². The second-order valence-electron chi connectivity index (χ2n) is 5.74. The van der Waals surface area contributed by atoms with Gasteiger partial charge in [-0.05, 0) is 6.92 Å². The molecule has 0 aliphatic heterocycles. The molecule has 11 nitrogen and oxygen atoms in total. The number of Topliss-reactive ketones (excluding diaryl/α,β-unsaturated/α-hetero) is 1. The van der Waals surface area contributed by atoms with Crippen LogP contribution in [0, 0.1) is 0 Å². The van der Waals surface area contributed by atoms with E-state index in [0.29, 0.717) is 0 Å². The summed E-state index contributed by atoms with van der Waals surface area (Å²) >= 11 is 0. The molecule has 0 aromatic carbocycles. The molecule has 28 heavy (non-hydrogen) atoms. The molecule has 158 valence electrons. The van der Waals surface area contributed by atoms with Gasteiger partial charge in [0.2, 0.25) is 0 Å². The highest BCUT2D eigenvalue weighted by Crippen LogP contribution is 2.20. The van der Waals surface area contributed by atoms with Gasteiger partial charge in [-0.2, -0.15) is 0 Å². The molecule has 0 aromatic rings. The molecule has 0 amide bonds. The van der Waals surface area contributed by atoms with Crippen molar-refractivity contribution in [3.63, 3.8) is 0 Å². The monoisotopic (exact) mass is 404 g/mol. The molecule has 0 aliphatic rings. The lowest BCUT2D eigenvalue weighted by molar-refractivity contribution is -0.202. The third kappa shape index (κ3) is 9.64. The first-order valence-electron chi connectivity index (χ1n) is 8.17. The van der Waals surface area contributed by atoms with Gasteiger partial charge < -0.3 is 23.7 Å². The molecule has 0 rings (SSSR count). The number of carbonyl (C=O) groups is 6. The van der Waals surface area contributed by atoms with Crippen molar-refractivity contribution < 1.29 is 52.5 Å². The standard InChI is InChI=1S/C17H24O11/c1-8(18)15(26-11(4)21)17(28-13(6)23)16(27-12(5)22)14(25-10(3)20)7-24-9(2)19/h14-17H,7H2,1-6H3/t14-,15-,16-,17+/m1/s1. The molecule has 11 heteroatoms. The molecule has 0 radical (unpaired) electrons. The van der Waals surface area contributed by atoms with Gasteiger partial charge >= 0.3 is 29.8 Å². The number of hydrogen-bond acceptors (Lipinski definition) is 11. The van der Waals surface area contributed by atoms with E-state index in [1.165, 1.54) is 0 Å². The normalized spacial score (nSPS) is 14.5. The summed E-state index contributed by atoms with van der Waals surface area (Å²) in [7, 11) is 0. The van der Waals surface area contributed by atoms with E-state index >= 15 is 0 Å². The lowest BCUT2D eigenvalue weighted by Gasteiger charge is -2.34. The first kappa shape index (κ1) is 25.0. The molecule has 4 atom stereocenters. The Morgan fingerprint density at radius 3 is 1.36 bits per heavy atom. The van der Waals surface area contributed by atoms with E-state index in [1.54, 1.807) is 0 Å². The molecule has 0 N–H and O–H groups in total. The van der Waals surface area contributed by atoms with Crippen LogP contribution in [-0.2, 0) is 52.5 Å². The van der Waals surface area contributed by atoms with E-state index in [0.717, 1.165) is 41.5 Å². The molecule has 0 aromatic heterocycles. The fourth-order valence-corrected chi connectivity index (χ4v) is 2.21. The van der Waals surface area contributed by atoms with Crippen LogP contribution in [0.5, 0.6) is 0 Å². The summed E-state index contributed by atoms with van der Waals surface area (Å²) in [6, 6.07) is 0. The van der Waals surface area contributed by atoms with Crippen molar-refractivity contribution in [1.82, 2.24) is 0 Å². The highest BCUT2D eigenvalue weighted by atomic mass is 16.6. The lowest BCUT2D eigenvalue weighted by Crippen LogP contribution is -2.54. The predicted molar refractivity (Wildman–Crippen MR) is 89.5 cm³/mol. The number of rotatable bonds is 10. The van der Waals surface area contributed by atoms with Crippen LogP contribution in [0.4, 0.5) is 0 Å². The minimum absolute atomic E-state index is 0.574. The van der Waals surface area contributed by atoms with Crippen molar-refractivity contribution in [2.75, 3.05) is 6.61 Å². The van der Waals surface area contributed by atoms with Crippen molar-refractivity contribution in [3.05, 3.63) is 0 Å². The number of ether oxygens (including phenoxy) is 5. The summed E-state index contributed by atoms with van der Waals surface area (Å²) in [5.74, 6) is -4.94. The molecule has 0 saturated carbocycles. The fraction of sp³-hybridized carbons (Fsp3) is 0.647. The second kappa shape index (κ2) is 11.7. The topological polar surface area (TPSA) is 149 Å². The molecule has 0 heterocycles. The van der Waals surface area contributed by atoms with E-state index in [2.05, 4.69) is 0 Å². The maximum atomic E-state index is 12.0. The van der Waals surface area contributed by atoms with Gasteiger partial charge in [0, 0.05) is 34.6 Å². The minimum Gasteiger partial charge on any atom is -0.462 e. The van der Waals surface area contributed by atoms with Crippen LogP contribution in [0.1, 0.15) is 41.5 Å². The number of carbonyl (C=O) groups excluding carboxylic acids is 6. The molecule has 0 spiro atoms. The van der Waals surface area contributed by atoms with Gasteiger partial charge in [0.25, 0.3) is 0 Å². The molecule has 0 saturated heterocycles. The number of hydrogen-bond donors (Lipinski definition) is 0. The maximum Gasteiger partial charge on any atom is 0.303 e. The third-order valence-electron chi connectivity index (χ3n) is 3.05. The van der Waals surface area contributed by atoms with Crippen molar-refractivity contribution >= 4 is 35.6 Å². The summed E-state index contributed by atoms with van der Waals surface area (Å²) in [6.45, 7) is 5.66. The summed E-state index contributed by atoms with van der Waals surface area (Å²) < 4.78 is 24.9. The van der Waals surface area contributed by atoms with Crippen LogP contribution < -0.4 is 0 Å². The van der Waals surface area contributed by atoms with Gasteiger partial charge in [-0.1, -0.05) is 0 Å². The molecule has 0 fully saturated rings. The first-order chi connectivity index (χ1) is 12.8. The molecular weight excluding hydrogens is 380 g/mol. The van der Waals surface area contributed by atoms with Crippen LogP contribution in [0.2, 0.25) is 0 Å². The van der Waals surface area contributed by atoms with Gasteiger partial charge in [-0.3, -0.25) is 28.8 Å². The Hall–Kier alpha value is -2.98. The Morgan fingerprint density at radius 2 is 1.00 bits per heavy atom. The van der Waals surface area contributed by atoms with Gasteiger partial charge in [-0.15, -0.1) is 0 Å². The average Bonchev–Trinajstić information content (AvgIpc) is 2.51. The Kier molecular flexibility index (Phi) is 10.4. The van der Waals surface area contributed by atoms with Gasteiger partial charge in [-0.25, -0.2) is 0 Å². The Balaban J connectivity index is 6.18. The highest BCUT2D eigenvalue weighted by Gasteiger charge is 2.45. The highest BCUT2D eigenvalue weighted by molar-refractivity contribution is 5.84. The largest absolute Gasteiger partial charge is 0.462 e. The van der Waals surface area contributed by atoms with Crippen LogP contribution in [0.3, 0.4) is 0 Å². The average molecular weight is 404 g/mol. The molecule has 0 aliphatic carbocycles. The smallest absolute Gasteiger partial charge is 0.303 e. The van der Waals surface area contributed by atoms with E-state index < -0.39 is 66.7 Å². The summed E-state index contributed by atoms with van der Waals surface area (Å²) in [4.78, 5) is 69.1. The Morgan fingerprint density at radius 1 is 0.571 bits per heavy atom. The lowest BCUT2D eigenvalue weighted by atomic mass is 9.99. The molecule has 0 bridgehead atoms. The quantitative estimate of drug-likeness (QED) is 0.354. The molecular formula is C17H24O11. The molecule has 0 unspecified atom stereocenters. The predicted octanol–water partition coefficient (Wildman–Crippen LogP) is -0.135. The van der Waals surface area contributed by atoms with Crippen LogP contribution in [0.15, 0.2) is 0 Å². The summed E-state index contributed by atoms with van der Waals surface area (Å²) in [5.41, 5.74) is 0. The van der Waals surface area contributed by atoms with Gasteiger partial charge in [0.15, 0.2) is 30.2 Å². The third-order valence-corrected chi connectivity index (χ3v) is 3.05. The second-order valence-corrected chi connectivity index (χ2v) is 5.74. The zero-order valence-corrected chi connectivity index (χ0v) is 16.5.